The summed E-state index contributed by atoms with van der Waals surface area (Å²) < 4.78 is 51.4. The van der Waals surface area contributed by atoms with Gasteiger partial charge in [-0.3, -0.25) is 14.6 Å². The number of benzene rings is 1. The van der Waals surface area contributed by atoms with Crippen LogP contribution in [0.5, 0.6) is 0 Å². The van der Waals surface area contributed by atoms with E-state index in [1.165, 1.54) is 12.1 Å². The zero-order chi connectivity index (χ0) is 24.0. The van der Waals surface area contributed by atoms with Gasteiger partial charge in [-0.15, -0.1) is 0 Å². The number of alkyl halides is 3. The number of ether oxygens (including phenoxy) is 2. The second kappa shape index (κ2) is 8.70. The van der Waals surface area contributed by atoms with Gasteiger partial charge in [0.05, 0.1) is 11.7 Å². The number of carbonyl (C=O) groups is 2. The summed E-state index contributed by atoms with van der Waals surface area (Å²) in [5, 5.41) is 0. The Kier molecular flexibility index (Phi) is 6.24. The summed E-state index contributed by atoms with van der Waals surface area (Å²) in [5.41, 5.74) is 0.457. The van der Waals surface area contributed by atoms with Crippen molar-refractivity contribution in [3.8, 4) is 0 Å². The molecule has 2 heterocycles. The van der Waals surface area contributed by atoms with Crippen LogP contribution >= 0.6 is 0 Å². The van der Waals surface area contributed by atoms with Crippen LogP contribution in [0.2, 0.25) is 0 Å². The second-order valence-corrected chi connectivity index (χ2v) is 9.90. The largest absolute Gasteiger partial charge is 0.462 e. The lowest BCUT2D eigenvalue weighted by atomic mass is 9.66. The molecule has 5 nitrogen and oxygen atoms in total. The standard InChI is InChI=1S/C25H28F3NO4/c1-14-20(23(31)33-13-17-8-5-9-32-17)21(15-6-4-7-16(10-15)25(26,27)28)22-18(29-14)11-24(2,3)12-19(22)30/h4,6-7,10,17,20-21H,5,8-9,11-13H2,1-3H3/t17-,20?,21-/m1/s1. The monoisotopic (exact) mass is 463 g/mol. The maximum atomic E-state index is 13.5. The molecule has 33 heavy (non-hydrogen) atoms. The van der Waals surface area contributed by atoms with Crippen LogP contribution in [0.15, 0.2) is 40.5 Å². The molecule has 178 valence electrons. The Balaban J connectivity index is 1.75. The van der Waals surface area contributed by atoms with Crippen LogP contribution in [-0.2, 0) is 25.2 Å². The van der Waals surface area contributed by atoms with Crippen LogP contribution < -0.4 is 0 Å². The molecule has 3 atom stereocenters. The van der Waals surface area contributed by atoms with Gasteiger partial charge in [0.2, 0.25) is 0 Å². The fourth-order valence-electron chi connectivity index (χ4n) is 5.06. The molecule has 8 heteroatoms. The molecule has 2 aliphatic heterocycles. The van der Waals surface area contributed by atoms with Crippen LogP contribution in [0.1, 0.15) is 63.5 Å². The van der Waals surface area contributed by atoms with E-state index >= 15 is 0 Å². The van der Waals surface area contributed by atoms with Crippen molar-refractivity contribution >= 4 is 17.5 Å². The van der Waals surface area contributed by atoms with Gasteiger partial charge in [0, 0.05) is 35.9 Å². The summed E-state index contributed by atoms with van der Waals surface area (Å²) in [6.07, 6.45) is -2.30. The first-order chi connectivity index (χ1) is 15.5. The molecular weight excluding hydrogens is 435 g/mol. The lowest BCUT2D eigenvalue weighted by Crippen LogP contribution is -2.40. The highest BCUT2D eigenvalue weighted by atomic mass is 19.4. The Hall–Kier alpha value is -2.48. The van der Waals surface area contributed by atoms with E-state index in [0.29, 0.717) is 30.0 Å². The van der Waals surface area contributed by atoms with Crippen molar-refractivity contribution < 1.29 is 32.2 Å². The highest BCUT2D eigenvalue weighted by Crippen LogP contribution is 2.48. The number of rotatable bonds is 4. The zero-order valence-electron chi connectivity index (χ0n) is 19.0. The molecule has 0 saturated carbocycles. The number of aliphatic imine (C=N–C) groups is 1. The summed E-state index contributed by atoms with van der Waals surface area (Å²) >= 11 is 0. The molecule has 4 rings (SSSR count). The van der Waals surface area contributed by atoms with Crippen molar-refractivity contribution in [2.24, 2.45) is 16.3 Å². The Morgan fingerprint density at radius 3 is 2.70 bits per heavy atom. The number of halogens is 3. The second-order valence-electron chi connectivity index (χ2n) is 9.90. The summed E-state index contributed by atoms with van der Waals surface area (Å²) in [6, 6.07) is 4.86. The van der Waals surface area contributed by atoms with E-state index in [1.807, 2.05) is 13.8 Å². The third-order valence-corrected chi connectivity index (χ3v) is 6.56. The minimum Gasteiger partial charge on any atom is -0.462 e. The number of Topliss-reactive ketones (excluding diaryl/α,β-unsaturated/α-hetero) is 1. The van der Waals surface area contributed by atoms with Crippen LogP contribution in [0.4, 0.5) is 13.2 Å². The number of carbonyl (C=O) groups excluding carboxylic acids is 2. The molecule has 1 unspecified atom stereocenters. The van der Waals surface area contributed by atoms with E-state index in [9.17, 15) is 22.8 Å². The quantitative estimate of drug-likeness (QED) is 0.573. The SMILES string of the molecule is CC1=NC2=C(C(=O)CC(C)(C)C2)[C@H](c2cccc(C(F)(F)F)c2)C1C(=O)OC[C@H]1CCCO1. The number of allylic oxidation sites excluding steroid dienone is 2. The average Bonchev–Trinajstić information content (AvgIpc) is 3.23. The molecular formula is C25H28F3NO4. The topological polar surface area (TPSA) is 65.0 Å². The molecule has 1 aliphatic carbocycles. The van der Waals surface area contributed by atoms with Gasteiger partial charge >= 0.3 is 12.1 Å². The van der Waals surface area contributed by atoms with Crippen molar-refractivity contribution in [2.75, 3.05) is 13.2 Å². The Labute approximate surface area is 191 Å². The van der Waals surface area contributed by atoms with Gasteiger partial charge in [-0.25, -0.2) is 0 Å². The smallest absolute Gasteiger partial charge is 0.416 e. The Morgan fingerprint density at radius 1 is 1.27 bits per heavy atom. The molecule has 0 N–H and O–H groups in total. The zero-order valence-corrected chi connectivity index (χ0v) is 19.0. The number of ketones is 1. The van der Waals surface area contributed by atoms with Crippen molar-refractivity contribution in [1.29, 1.82) is 0 Å². The molecule has 3 aliphatic rings. The van der Waals surface area contributed by atoms with Crippen molar-refractivity contribution in [3.05, 3.63) is 46.7 Å². The predicted octanol–water partition coefficient (Wildman–Crippen LogP) is 5.25. The maximum absolute atomic E-state index is 13.5. The summed E-state index contributed by atoms with van der Waals surface area (Å²) in [4.78, 5) is 31.1. The van der Waals surface area contributed by atoms with Gasteiger partial charge in [0.15, 0.2) is 5.78 Å². The molecule has 0 bridgehead atoms. The van der Waals surface area contributed by atoms with Gasteiger partial charge in [-0.2, -0.15) is 13.2 Å². The van der Waals surface area contributed by atoms with Crippen molar-refractivity contribution in [3.63, 3.8) is 0 Å². The van der Waals surface area contributed by atoms with Gasteiger partial charge in [-0.05, 0) is 43.2 Å². The minimum absolute atomic E-state index is 0.0742. The molecule has 1 saturated heterocycles. The third-order valence-electron chi connectivity index (χ3n) is 6.56. The number of esters is 1. The van der Waals surface area contributed by atoms with Gasteiger partial charge < -0.3 is 9.47 Å². The normalized spacial score (nSPS) is 27.3. The molecule has 1 fully saturated rings. The van der Waals surface area contributed by atoms with E-state index in [4.69, 9.17) is 9.47 Å². The third kappa shape index (κ3) is 4.90. The summed E-state index contributed by atoms with van der Waals surface area (Å²) in [7, 11) is 0. The van der Waals surface area contributed by atoms with Gasteiger partial charge in [0.25, 0.3) is 0 Å². The summed E-state index contributed by atoms with van der Waals surface area (Å²) in [5.74, 6) is -2.63. The van der Waals surface area contributed by atoms with E-state index in [-0.39, 0.29) is 35.9 Å². The van der Waals surface area contributed by atoms with Crippen molar-refractivity contribution in [1.82, 2.24) is 0 Å². The van der Waals surface area contributed by atoms with Gasteiger partial charge in [0.1, 0.15) is 12.5 Å². The van der Waals surface area contributed by atoms with E-state index < -0.39 is 29.5 Å². The average molecular weight is 463 g/mol. The Bertz CT molecular complexity index is 1020. The molecule has 0 aromatic heterocycles. The Morgan fingerprint density at radius 2 is 2.03 bits per heavy atom. The maximum Gasteiger partial charge on any atom is 0.416 e. The fraction of sp³-hybridized carbons (Fsp3) is 0.560. The lowest BCUT2D eigenvalue weighted by molar-refractivity contribution is -0.149. The van der Waals surface area contributed by atoms with Crippen LogP contribution in [0.3, 0.4) is 0 Å². The first-order valence-electron chi connectivity index (χ1n) is 11.2. The van der Waals surface area contributed by atoms with Crippen molar-refractivity contribution in [2.45, 2.75) is 64.7 Å². The van der Waals surface area contributed by atoms with Crippen LogP contribution in [0, 0.1) is 11.3 Å². The number of hydrogen-bond donors (Lipinski definition) is 0. The molecule has 1 aromatic rings. The van der Waals surface area contributed by atoms with Crippen LogP contribution in [0.25, 0.3) is 0 Å². The minimum atomic E-state index is -4.54. The predicted molar refractivity (Wildman–Crippen MR) is 116 cm³/mol. The summed E-state index contributed by atoms with van der Waals surface area (Å²) in [6.45, 7) is 6.28. The molecule has 1 aromatic carbocycles. The molecule has 0 spiro atoms. The van der Waals surface area contributed by atoms with Crippen LogP contribution in [-0.4, -0.2) is 36.8 Å². The number of nitrogens with zero attached hydrogens (tertiary/aromatic N) is 1. The first kappa shape index (κ1) is 23.7. The molecule has 0 radical (unpaired) electrons. The van der Waals surface area contributed by atoms with E-state index in [2.05, 4.69) is 4.99 Å². The number of hydrogen-bond acceptors (Lipinski definition) is 5. The highest BCUT2D eigenvalue weighted by Gasteiger charge is 2.46. The van der Waals surface area contributed by atoms with Gasteiger partial charge in [-0.1, -0.05) is 32.0 Å². The fourth-order valence-corrected chi connectivity index (χ4v) is 5.06. The highest BCUT2D eigenvalue weighted by molar-refractivity contribution is 6.09. The molecule has 0 amide bonds. The van der Waals surface area contributed by atoms with E-state index in [0.717, 1.165) is 25.0 Å². The first-order valence-corrected chi connectivity index (χ1v) is 11.2. The van der Waals surface area contributed by atoms with E-state index in [1.54, 1.807) is 6.92 Å². The lowest BCUT2D eigenvalue weighted by Gasteiger charge is -2.39.